The van der Waals surface area contributed by atoms with Crippen molar-refractivity contribution in [2.24, 2.45) is 0 Å². The van der Waals surface area contributed by atoms with Crippen LogP contribution in [0.4, 0.5) is 4.79 Å². The van der Waals surface area contributed by atoms with Gasteiger partial charge in [0.2, 0.25) is 0 Å². The van der Waals surface area contributed by atoms with E-state index in [2.05, 4.69) is 10.1 Å². The fraction of sp³-hybridized carbons (Fsp3) is 0.444. The minimum absolute atomic E-state index is 0.0371. The van der Waals surface area contributed by atoms with Gasteiger partial charge in [-0.05, 0) is 12.1 Å². The smallest absolute Gasteiger partial charge is 0.407 e. The van der Waals surface area contributed by atoms with E-state index in [4.69, 9.17) is 5.11 Å². The van der Waals surface area contributed by atoms with Gasteiger partial charge in [-0.15, -0.1) is 0 Å². The summed E-state index contributed by atoms with van der Waals surface area (Å²) in [5, 5.41) is 10.9. The molecule has 78 valence electrons. The van der Waals surface area contributed by atoms with Gasteiger partial charge in [-0.2, -0.15) is 0 Å². The Hall–Kier alpha value is -1.49. The monoisotopic (exact) mass is 198 g/mol. The van der Waals surface area contributed by atoms with Crippen LogP contribution in [0.5, 0.6) is 0 Å². The zero-order valence-electron chi connectivity index (χ0n) is 7.85. The van der Waals surface area contributed by atoms with Gasteiger partial charge in [0.1, 0.15) is 6.61 Å². The molecule has 1 aromatic rings. The van der Waals surface area contributed by atoms with Gasteiger partial charge in [0.05, 0.1) is 6.61 Å². The van der Waals surface area contributed by atoms with E-state index >= 15 is 0 Å². The second-order valence-electron chi connectivity index (χ2n) is 2.71. The minimum Gasteiger partial charge on any atom is -0.447 e. The summed E-state index contributed by atoms with van der Waals surface area (Å²) in [5.41, 5.74) is 0. The maximum absolute atomic E-state index is 10.9. The van der Waals surface area contributed by atoms with E-state index < -0.39 is 6.09 Å². The molecule has 0 saturated carbocycles. The number of hydrogen-bond donors (Lipinski definition) is 2. The summed E-state index contributed by atoms with van der Waals surface area (Å²) in [6.07, 6.45) is 3.34. The molecule has 0 spiro atoms. The molecule has 0 aliphatic rings. The van der Waals surface area contributed by atoms with E-state index in [1.807, 2.05) is 29.1 Å². The van der Waals surface area contributed by atoms with Gasteiger partial charge in [-0.3, -0.25) is 0 Å². The van der Waals surface area contributed by atoms with E-state index in [-0.39, 0.29) is 13.2 Å². The molecule has 0 radical (unpaired) electrons. The standard InChI is InChI=1S/C9H14N2O3/c12-7-8-14-9(13)10-3-6-11-4-1-2-5-11/h1-2,4-5,12H,3,6-8H2,(H,10,13). The van der Waals surface area contributed by atoms with Crippen molar-refractivity contribution in [2.75, 3.05) is 19.8 Å². The predicted molar refractivity (Wildman–Crippen MR) is 50.9 cm³/mol. The number of nitrogens with zero attached hydrogens (tertiary/aromatic N) is 1. The van der Waals surface area contributed by atoms with Crippen LogP contribution in [0.1, 0.15) is 0 Å². The highest BCUT2D eigenvalue weighted by molar-refractivity contribution is 5.66. The molecule has 0 aliphatic carbocycles. The van der Waals surface area contributed by atoms with Crippen LogP contribution >= 0.6 is 0 Å². The summed E-state index contributed by atoms with van der Waals surface area (Å²) in [4.78, 5) is 10.9. The van der Waals surface area contributed by atoms with Gasteiger partial charge in [0.15, 0.2) is 0 Å². The van der Waals surface area contributed by atoms with Crippen LogP contribution in [0.15, 0.2) is 24.5 Å². The third kappa shape index (κ3) is 3.95. The maximum atomic E-state index is 10.9. The molecule has 0 saturated heterocycles. The lowest BCUT2D eigenvalue weighted by Gasteiger charge is -2.06. The second-order valence-corrected chi connectivity index (χ2v) is 2.71. The Balaban J connectivity index is 2.06. The summed E-state index contributed by atoms with van der Waals surface area (Å²) in [5.74, 6) is 0. The zero-order valence-corrected chi connectivity index (χ0v) is 7.85. The minimum atomic E-state index is -0.494. The van der Waals surface area contributed by atoms with Crippen LogP contribution < -0.4 is 5.32 Å². The van der Waals surface area contributed by atoms with E-state index in [9.17, 15) is 4.79 Å². The lowest BCUT2D eigenvalue weighted by Crippen LogP contribution is -2.28. The number of alkyl carbamates (subject to hydrolysis) is 1. The topological polar surface area (TPSA) is 63.5 Å². The van der Waals surface area contributed by atoms with Crippen molar-refractivity contribution in [3.8, 4) is 0 Å². The summed E-state index contributed by atoms with van der Waals surface area (Å²) in [6.45, 7) is 1.11. The Bertz CT molecular complexity index is 259. The number of carbonyl (C=O) groups excluding carboxylic acids is 1. The molecule has 14 heavy (non-hydrogen) atoms. The predicted octanol–water partition coefficient (Wildman–Crippen LogP) is 0.207. The molecule has 0 aromatic carbocycles. The van der Waals surface area contributed by atoms with Crippen LogP contribution in [0.3, 0.4) is 0 Å². The molecule has 1 amide bonds. The molecular weight excluding hydrogens is 184 g/mol. The Morgan fingerprint density at radius 3 is 2.79 bits per heavy atom. The number of amides is 1. The highest BCUT2D eigenvalue weighted by atomic mass is 16.6. The molecule has 1 aromatic heterocycles. The Morgan fingerprint density at radius 1 is 1.43 bits per heavy atom. The van der Waals surface area contributed by atoms with Gasteiger partial charge in [-0.1, -0.05) is 0 Å². The van der Waals surface area contributed by atoms with Gasteiger partial charge in [0.25, 0.3) is 0 Å². The maximum Gasteiger partial charge on any atom is 0.407 e. The van der Waals surface area contributed by atoms with Crippen molar-refractivity contribution < 1.29 is 14.6 Å². The number of hydrogen-bond acceptors (Lipinski definition) is 3. The number of nitrogens with one attached hydrogen (secondary N) is 1. The van der Waals surface area contributed by atoms with Crippen molar-refractivity contribution in [3.05, 3.63) is 24.5 Å². The Morgan fingerprint density at radius 2 is 2.14 bits per heavy atom. The lowest BCUT2D eigenvalue weighted by atomic mass is 10.6. The molecule has 1 heterocycles. The number of rotatable bonds is 5. The van der Waals surface area contributed by atoms with Crippen LogP contribution in [0.25, 0.3) is 0 Å². The fourth-order valence-electron chi connectivity index (χ4n) is 0.996. The third-order valence-corrected chi connectivity index (χ3v) is 1.63. The van der Waals surface area contributed by atoms with E-state index in [1.54, 1.807) is 0 Å². The molecule has 0 aliphatic heterocycles. The first kappa shape index (κ1) is 10.6. The van der Waals surface area contributed by atoms with Crippen molar-refractivity contribution in [1.29, 1.82) is 0 Å². The molecule has 0 bridgehead atoms. The first-order valence-electron chi connectivity index (χ1n) is 4.45. The van der Waals surface area contributed by atoms with Crippen molar-refractivity contribution >= 4 is 6.09 Å². The van der Waals surface area contributed by atoms with E-state index in [1.165, 1.54) is 0 Å². The average molecular weight is 198 g/mol. The summed E-state index contributed by atoms with van der Waals surface area (Å²) < 4.78 is 6.55. The molecule has 5 heteroatoms. The zero-order chi connectivity index (χ0) is 10.2. The van der Waals surface area contributed by atoms with Crippen LogP contribution in [0.2, 0.25) is 0 Å². The first-order valence-corrected chi connectivity index (χ1v) is 4.45. The normalized spacial score (nSPS) is 9.79. The molecule has 0 atom stereocenters. The number of aromatic nitrogens is 1. The highest BCUT2D eigenvalue weighted by Gasteiger charge is 1.99. The fourth-order valence-corrected chi connectivity index (χ4v) is 0.996. The van der Waals surface area contributed by atoms with Crippen molar-refractivity contribution in [3.63, 3.8) is 0 Å². The second kappa shape index (κ2) is 6.04. The number of aliphatic hydroxyl groups is 1. The largest absolute Gasteiger partial charge is 0.447 e. The number of carbonyl (C=O) groups is 1. The quantitative estimate of drug-likeness (QED) is 0.710. The lowest BCUT2D eigenvalue weighted by molar-refractivity contribution is 0.119. The third-order valence-electron chi connectivity index (χ3n) is 1.63. The SMILES string of the molecule is O=C(NCCn1cccc1)OCCO. The van der Waals surface area contributed by atoms with E-state index in [0.717, 1.165) is 0 Å². The summed E-state index contributed by atoms with van der Waals surface area (Å²) >= 11 is 0. The number of aliphatic hydroxyl groups excluding tert-OH is 1. The Labute approximate surface area is 82.3 Å². The molecule has 0 unspecified atom stereocenters. The van der Waals surface area contributed by atoms with Crippen LogP contribution in [-0.4, -0.2) is 35.5 Å². The molecule has 0 fully saturated rings. The first-order chi connectivity index (χ1) is 6.83. The molecule has 2 N–H and O–H groups in total. The molecule has 5 nitrogen and oxygen atoms in total. The highest BCUT2D eigenvalue weighted by Crippen LogP contribution is 1.88. The van der Waals surface area contributed by atoms with E-state index in [0.29, 0.717) is 13.1 Å². The van der Waals surface area contributed by atoms with Gasteiger partial charge >= 0.3 is 6.09 Å². The van der Waals surface area contributed by atoms with Crippen molar-refractivity contribution in [2.45, 2.75) is 6.54 Å². The number of ether oxygens (including phenoxy) is 1. The van der Waals surface area contributed by atoms with Gasteiger partial charge < -0.3 is 19.7 Å². The summed E-state index contributed by atoms with van der Waals surface area (Å²) in [6, 6.07) is 3.84. The van der Waals surface area contributed by atoms with Gasteiger partial charge in [-0.25, -0.2) is 4.79 Å². The van der Waals surface area contributed by atoms with Gasteiger partial charge in [0, 0.05) is 25.5 Å². The van der Waals surface area contributed by atoms with Crippen molar-refractivity contribution in [1.82, 2.24) is 9.88 Å². The molecule has 1 rings (SSSR count). The molecular formula is C9H14N2O3. The Kier molecular flexibility index (Phi) is 4.57. The van der Waals surface area contributed by atoms with Crippen LogP contribution in [0, 0.1) is 0 Å². The summed E-state index contributed by atoms with van der Waals surface area (Å²) in [7, 11) is 0. The van der Waals surface area contributed by atoms with Crippen LogP contribution in [-0.2, 0) is 11.3 Å². The average Bonchev–Trinajstić information content (AvgIpc) is 2.67.